The van der Waals surface area contributed by atoms with Crippen molar-refractivity contribution >= 4 is 5.97 Å². The molecule has 2 N–H and O–H groups in total. The second-order valence-electron chi connectivity index (χ2n) is 8.51. The zero-order chi connectivity index (χ0) is 24.9. The number of hydrogen-bond donors (Lipinski definition) is 2. The molecule has 0 bridgehead atoms. The summed E-state index contributed by atoms with van der Waals surface area (Å²) in [5.74, 6) is 1.30. The van der Waals surface area contributed by atoms with Crippen molar-refractivity contribution in [2.45, 2.75) is 32.7 Å². The third kappa shape index (κ3) is 5.05. The van der Waals surface area contributed by atoms with Gasteiger partial charge in [-0.15, -0.1) is 10.2 Å². The predicted octanol–water partition coefficient (Wildman–Crippen LogP) is 4.42. The van der Waals surface area contributed by atoms with Crippen LogP contribution in [0.5, 0.6) is 0 Å². The van der Waals surface area contributed by atoms with Crippen LogP contribution in [0.15, 0.2) is 72.8 Å². The molecule has 3 aromatic carbocycles. The number of H-pyrrole nitrogens is 1. The number of aromatic carboxylic acids is 1. The minimum Gasteiger partial charge on any atom is -0.478 e. The molecular weight excluding hydrogens is 454 g/mol. The Morgan fingerprint density at radius 1 is 0.944 bits per heavy atom. The number of hydrogen-bond acceptors (Lipinski definition) is 6. The number of carboxylic acids is 1. The molecule has 2 heterocycles. The van der Waals surface area contributed by atoms with Crippen LogP contribution in [0.2, 0.25) is 0 Å². The number of nitrogens with one attached hydrogen (secondary N) is 1. The molecule has 180 valence electrons. The van der Waals surface area contributed by atoms with Gasteiger partial charge in [0.15, 0.2) is 5.82 Å². The largest absolute Gasteiger partial charge is 0.478 e. The van der Waals surface area contributed by atoms with Gasteiger partial charge in [-0.2, -0.15) is 10.3 Å². The Labute approximate surface area is 207 Å². The number of aryl methyl sites for hydroxylation is 1. The number of carbonyl (C=O) groups is 1. The molecule has 0 aliphatic heterocycles. The third-order valence-electron chi connectivity index (χ3n) is 5.94. The smallest absolute Gasteiger partial charge is 0.335 e. The summed E-state index contributed by atoms with van der Waals surface area (Å²) < 4.78 is 1.94. The molecule has 0 radical (unpaired) electrons. The lowest BCUT2D eigenvalue weighted by Gasteiger charge is -2.10. The maximum atomic E-state index is 11.2. The first kappa shape index (κ1) is 23.1. The lowest BCUT2D eigenvalue weighted by molar-refractivity contribution is 0.0697. The molecule has 9 heteroatoms. The van der Waals surface area contributed by atoms with Crippen LogP contribution in [0, 0.1) is 0 Å². The maximum Gasteiger partial charge on any atom is 0.335 e. The van der Waals surface area contributed by atoms with Crippen molar-refractivity contribution in [3.63, 3.8) is 0 Å². The second kappa shape index (κ2) is 10.3. The summed E-state index contributed by atoms with van der Waals surface area (Å²) >= 11 is 0. The summed E-state index contributed by atoms with van der Waals surface area (Å²) in [6.07, 6.45) is 2.35. The lowest BCUT2D eigenvalue weighted by atomic mass is 9.98. The second-order valence-corrected chi connectivity index (χ2v) is 8.51. The molecule has 0 saturated carbocycles. The quantitative estimate of drug-likeness (QED) is 0.321. The number of rotatable bonds is 9. The van der Waals surface area contributed by atoms with Crippen LogP contribution in [0.1, 0.15) is 46.5 Å². The van der Waals surface area contributed by atoms with Crippen LogP contribution in [0.25, 0.3) is 22.5 Å². The topological polar surface area (TPSA) is 122 Å². The number of benzene rings is 3. The molecule has 0 spiro atoms. The van der Waals surface area contributed by atoms with Crippen molar-refractivity contribution < 1.29 is 9.90 Å². The molecule has 0 atom stereocenters. The first-order valence-electron chi connectivity index (χ1n) is 11.8. The van der Waals surface area contributed by atoms with E-state index in [4.69, 9.17) is 15.2 Å². The van der Waals surface area contributed by atoms with Gasteiger partial charge in [-0.1, -0.05) is 67.6 Å². The molecular formula is C27H25N7O2. The monoisotopic (exact) mass is 479 g/mol. The summed E-state index contributed by atoms with van der Waals surface area (Å²) in [4.78, 5) is 15.9. The van der Waals surface area contributed by atoms with Crippen LogP contribution in [-0.4, -0.2) is 46.5 Å². The number of aromatic nitrogens is 7. The Balaban J connectivity index is 1.38. The molecule has 5 aromatic rings. The molecule has 0 saturated heterocycles. The van der Waals surface area contributed by atoms with Crippen molar-refractivity contribution in [2.24, 2.45) is 0 Å². The molecule has 5 rings (SSSR count). The minimum absolute atomic E-state index is 0.271. The van der Waals surface area contributed by atoms with Crippen LogP contribution in [-0.2, 0) is 19.4 Å². The standard InChI is InChI=1S/C27H25N7O2/c1-2-5-24-28-25(16-18-8-14-21(15-9-18)27(35)36)34(31-24)17-19-10-12-20(13-11-19)22-6-3-4-7-23(22)26-29-32-33-30-26/h3-4,6-15H,2,5,16-17H2,1H3,(H,35,36)(H,29,30,32,33). The molecule has 0 aliphatic rings. The molecule has 36 heavy (non-hydrogen) atoms. The fourth-order valence-electron chi connectivity index (χ4n) is 4.13. The number of tetrazole rings is 1. The highest BCUT2D eigenvalue weighted by molar-refractivity contribution is 5.87. The van der Waals surface area contributed by atoms with Gasteiger partial charge < -0.3 is 5.11 Å². The lowest BCUT2D eigenvalue weighted by Crippen LogP contribution is -2.08. The molecule has 0 fully saturated rings. The summed E-state index contributed by atoms with van der Waals surface area (Å²) in [7, 11) is 0. The third-order valence-corrected chi connectivity index (χ3v) is 5.94. The highest BCUT2D eigenvalue weighted by atomic mass is 16.4. The Kier molecular flexibility index (Phi) is 6.61. The van der Waals surface area contributed by atoms with Crippen LogP contribution in [0.4, 0.5) is 0 Å². The van der Waals surface area contributed by atoms with Gasteiger partial charge in [0.1, 0.15) is 5.82 Å². The highest BCUT2D eigenvalue weighted by Crippen LogP contribution is 2.29. The fraction of sp³-hybridized carbons (Fsp3) is 0.185. The van der Waals surface area contributed by atoms with E-state index >= 15 is 0 Å². The SMILES string of the molecule is CCCc1nc(Cc2ccc(C(=O)O)cc2)n(Cc2ccc(-c3ccccc3-c3nn[nH]n3)cc2)n1. The molecule has 2 aromatic heterocycles. The van der Waals surface area contributed by atoms with Gasteiger partial charge in [0, 0.05) is 18.4 Å². The fourth-order valence-corrected chi connectivity index (χ4v) is 4.13. The van der Waals surface area contributed by atoms with Crippen molar-refractivity contribution in [3.8, 4) is 22.5 Å². The molecule has 0 amide bonds. The van der Waals surface area contributed by atoms with Gasteiger partial charge in [-0.3, -0.25) is 0 Å². The van der Waals surface area contributed by atoms with Crippen LogP contribution >= 0.6 is 0 Å². The van der Waals surface area contributed by atoms with Gasteiger partial charge >= 0.3 is 5.97 Å². The Morgan fingerprint density at radius 3 is 2.33 bits per heavy atom. The van der Waals surface area contributed by atoms with E-state index in [0.29, 0.717) is 18.8 Å². The maximum absolute atomic E-state index is 11.2. The van der Waals surface area contributed by atoms with Crippen molar-refractivity contribution in [1.82, 2.24) is 35.4 Å². The summed E-state index contributed by atoms with van der Waals surface area (Å²) in [5, 5.41) is 28.4. The minimum atomic E-state index is -0.932. The average molecular weight is 480 g/mol. The number of aromatic amines is 1. The van der Waals surface area contributed by atoms with Gasteiger partial charge in [0.05, 0.1) is 12.1 Å². The van der Waals surface area contributed by atoms with Crippen LogP contribution < -0.4 is 0 Å². The van der Waals surface area contributed by atoms with Gasteiger partial charge in [-0.05, 0) is 46.0 Å². The Hall–Kier alpha value is -4.66. The summed E-state index contributed by atoms with van der Waals surface area (Å²) in [6, 6.07) is 23.2. The number of nitrogens with zero attached hydrogens (tertiary/aromatic N) is 6. The molecule has 9 nitrogen and oxygen atoms in total. The first-order chi connectivity index (χ1) is 17.6. The molecule has 0 unspecified atom stereocenters. The van der Waals surface area contributed by atoms with Crippen molar-refractivity contribution in [1.29, 1.82) is 0 Å². The van der Waals surface area contributed by atoms with E-state index in [1.54, 1.807) is 12.1 Å². The predicted molar refractivity (Wildman–Crippen MR) is 134 cm³/mol. The van der Waals surface area contributed by atoms with Gasteiger partial charge in [0.25, 0.3) is 0 Å². The van der Waals surface area contributed by atoms with Crippen molar-refractivity contribution in [3.05, 3.63) is 101 Å². The Bertz CT molecular complexity index is 1460. The highest BCUT2D eigenvalue weighted by Gasteiger charge is 2.13. The Morgan fingerprint density at radius 2 is 1.67 bits per heavy atom. The average Bonchev–Trinajstić information content (AvgIpc) is 3.56. The van der Waals surface area contributed by atoms with E-state index in [-0.39, 0.29) is 5.56 Å². The molecule has 0 aliphatic carbocycles. The van der Waals surface area contributed by atoms with E-state index in [9.17, 15) is 4.79 Å². The van der Waals surface area contributed by atoms with Gasteiger partial charge in [-0.25, -0.2) is 14.5 Å². The summed E-state index contributed by atoms with van der Waals surface area (Å²) in [6.45, 7) is 2.70. The van der Waals surface area contributed by atoms with E-state index in [2.05, 4.69) is 51.8 Å². The van der Waals surface area contributed by atoms with E-state index in [1.807, 2.05) is 41.1 Å². The van der Waals surface area contributed by atoms with Crippen LogP contribution in [0.3, 0.4) is 0 Å². The van der Waals surface area contributed by atoms with Gasteiger partial charge in [0.2, 0.25) is 5.82 Å². The number of carboxylic acid groups (broad SMARTS) is 1. The van der Waals surface area contributed by atoms with E-state index in [1.165, 1.54) is 0 Å². The summed E-state index contributed by atoms with van der Waals surface area (Å²) in [5.41, 5.74) is 5.37. The van der Waals surface area contributed by atoms with E-state index < -0.39 is 5.97 Å². The zero-order valence-electron chi connectivity index (χ0n) is 19.8. The normalized spacial score (nSPS) is 11.0. The first-order valence-corrected chi connectivity index (χ1v) is 11.8. The van der Waals surface area contributed by atoms with Crippen molar-refractivity contribution in [2.75, 3.05) is 0 Å². The zero-order valence-corrected chi connectivity index (χ0v) is 19.8. The van der Waals surface area contributed by atoms with E-state index in [0.717, 1.165) is 52.3 Å².